The quantitative estimate of drug-likeness (QED) is 0.662. The molecule has 1 saturated heterocycles. The Morgan fingerprint density at radius 3 is 2.76 bits per heavy atom. The molecule has 1 aromatic heterocycles. The third kappa shape index (κ3) is 3.37. The first-order chi connectivity index (χ1) is 15.4. The van der Waals surface area contributed by atoms with Gasteiger partial charge in [-0.2, -0.15) is 0 Å². The number of fused-ring (bicyclic) bond motifs is 1. The zero-order chi connectivity index (χ0) is 24.2. The minimum absolute atomic E-state index is 0.0298. The molecule has 0 spiro atoms. The Morgan fingerprint density at radius 1 is 1.36 bits per heavy atom. The number of amidine groups is 1. The lowest BCUT2D eigenvalue weighted by atomic mass is 9.87. The van der Waals surface area contributed by atoms with E-state index in [4.69, 9.17) is 17.0 Å². The van der Waals surface area contributed by atoms with Crippen LogP contribution < -0.4 is 11.1 Å². The molecule has 1 aromatic carbocycles. The molecule has 1 fully saturated rings. The Morgan fingerprint density at radius 2 is 2.09 bits per heavy atom. The summed E-state index contributed by atoms with van der Waals surface area (Å²) in [5.74, 6) is -1.37. The summed E-state index contributed by atoms with van der Waals surface area (Å²) in [4.78, 5) is 24.5. The first kappa shape index (κ1) is 22.8. The second kappa shape index (κ2) is 7.60. The zero-order valence-corrected chi connectivity index (χ0v) is 19.0. The number of anilines is 1. The molecule has 2 aliphatic heterocycles. The van der Waals surface area contributed by atoms with E-state index in [2.05, 4.69) is 20.1 Å². The number of aromatic nitrogens is 1. The number of nitrogens with two attached hydrogens (primary N) is 1. The maximum absolute atomic E-state index is 15.1. The number of hydrogen-bond donors (Lipinski definition) is 2. The largest absolute Gasteiger partial charge is 0.386 e. The highest BCUT2D eigenvalue weighted by Gasteiger charge is 2.62. The highest BCUT2D eigenvalue weighted by atomic mass is 32.2. The van der Waals surface area contributed by atoms with Crippen molar-refractivity contribution in [2.45, 2.75) is 36.3 Å². The highest BCUT2D eigenvalue weighted by Crippen LogP contribution is 2.47. The third-order valence-corrected chi connectivity index (χ3v) is 9.15. The first-order valence-corrected chi connectivity index (χ1v) is 11.6. The van der Waals surface area contributed by atoms with Crippen LogP contribution in [-0.2, 0) is 20.1 Å². The second-order valence-corrected chi connectivity index (χ2v) is 11.3. The molecule has 33 heavy (non-hydrogen) atoms. The molecule has 2 aromatic rings. The van der Waals surface area contributed by atoms with E-state index in [-0.39, 0.29) is 36.0 Å². The van der Waals surface area contributed by atoms with Crippen molar-refractivity contribution in [2.75, 3.05) is 18.5 Å². The molecule has 3 N–H and O–H groups in total. The number of ether oxygens (including phenoxy) is 1. The Hall–Kier alpha value is -3.36. The summed E-state index contributed by atoms with van der Waals surface area (Å²) in [7, 11) is -3.87. The van der Waals surface area contributed by atoms with Gasteiger partial charge in [-0.15, -0.1) is 0 Å². The van der Waals surface area contributed by atoms with Crippen LogP contribution in [0.3, 0.4) is 0 Å². The number of carbonyl (C=O) groups excluding carboxylic acids is 1. The summed E-state index contributed by atoms with van der Waals surface area (Å²) in [6, 6.07) is 5.38. The Labute approximate surface area is 190 Å². The standard InChI is InChI=1S/C22H22FN5O4S/c1-12-7-14(25-4)9-26-18(12)19(29)27-13-5-6-16(23)15(8-13)22-11-32-10-17(22)33(30,31)21(2,3)20(24)28-22/h5-9,17H,10-11H2,1-3H3,(H2,24,28)(H,27,29)/t17-,22-/m1/s1. The lowest BCUT2D eigenvalue weighted by Gasteiger charge is -2.41. The number of aryl methyl sites for hydroxylation is 1. The van der Waals surface area contributed by atoms with Crippen molar-refractivity contribution in [1.29, 1.82) is 0 Å². The molecule has 0 bridgehead atoms. The van der Waals surface area contributed by atoms with E-state index in [0.29, 0.717) is 11.3 Å². The molecule has 0 radical (unpaired) electrons. The summed E-state index contributed by atoms with van der Waals surface area (Å²) in [6.07, 6.45) is 1.29. The maximum Gasteiger partial charge on any atom is 0.274 e. The molecule has 0 unspecified atom stereocenters. The van der Waals surface area contributed by atoms with Gasteiger partial charge in [0.2, 0.25) is 5.69 Å². The normalized spacial score (nSPS) is 24.9. The van der Waals surface area contributed by atoms with Crippen molar-refractivity contribution in [3.8, 4) is 0 Å². The van der Waals surface area contributed by atoms with Crippen LogP contribution >= 0.6 is 0 Å². The van der Waals surface area contributed by atoms with Crippen LogP contribution in [0, 0.1) is 19.3 Å². The smallest absolute Gasteiger partial charge is 0.274 e. The minimum atomic E-state index is -3.87. The van der Waals surface area contributed by atoms with E-state index in [1.807, 2.05) is 0 Å². The molecule has 0 aliphatic carbocycles. The van der Waals surface area contributed by atoms with Crippen LogP contribution in [0.4, 0.5) is 15.8 Å². The fraction of sp³-hybridized carbons (Fsp3) is 0.364. The van der Waals surface area contributed by atoms with Crippen molar-refractivity contribution < 1.29 is 22.3 Å². The minimum Gasteiger partial charge on any atom is -0.386 e. The summed E-state index contributed by atoms with van der Waals surface area (Å²) in [5, 5.41) is 1.53. The number of nitrogens with one attached hydrogen (secondary N) is 1. The molecule has 2 aliphatic rings. The van der Waals surface area contributed by atoms with E-state index in [0.717, 1.165) is 6.07 Å². The number of sulfone groups is 1. The van der Waals surface area contributed by atoms with Crippen LogP contribution in [0.25, 0.3) is 4.85 Å². The summed E-state index contributed by atoms with van der Waals surface area (Å²) < 4.78 is 45.7. The van der Waals surface area contributed by atoms with Gasteiger partial charge >= 0.3 is 0 Å². The van der Waals surface area contributed by atoms with E-state index >= 15 is 4.39 Å². The average molecular weight is 472 g/mol. The van der Waals surface area contributed by atoms with Crippen LogP contribution in [0.1, 0.15) is 35.5 Å². The molecule has 1 amide bonds. The molecule has 4 rings (SSSR count). The number of halogens is 1. The molecule has 3 heterocycles. The van der Waals surface area contributed by atoms with Gasteiger partial charge < -0.3 is 15.8 Å². The number of rotatable bonds is 3. The molecular weight excluding hydrogens is 449 g/mol. The Bertz CT molecular complexity index is 1350. The highest BCUT2D eigenvalue weighted by molar-refractivity contribution is 7.94. The van der Waals surface area contributed by atoms with Crippen molar-refractivity contribution in [2.24, 2.45) is 10.7 Å². The number of amides is 1. The number of carbonyl (C=O) groups is 1. The molecular formula is C22H22FN5O4S. The van der Waals surface area contributed by atoms with Crippen LogP contribution in [0.15, 0.2) is 35.5 Å². The summed E-state index contributed by atoms with van der Waals surface area (Å²) >= 11 is 0. The van der Waals surface area contributed by atoms with E-state index in [1.165, 1.54) is 38.2 Å². The van der Waals surface area contributed by atoms with Gasteiger partial charge in [0, 0.05) is 17.4 Å². The maximum atomic E-state index is 15.1. The van der Waals surface area contributed by atoms with Crippen LogP contribution in [0.5, 0.6) is 0 Å². The van der Waals surface area contributed by atoms with Gasteiger partial charge in [-0.05, 0) is 50.6 Å². The van der Waals surface area contributed by atoms with Gasteiger partial charge in [0.15, 0.2) is 9.84 Å². The van der Waals surface area contributed by atoms with E-state index in [1.54, 1.807) is 6.92 Å². The molecule has 2 atom stereocenters. The molecule has 11 heteroatoms. The first-order valence-electron chi connectivity index (χ1n) is 10.1. The van der Waals surface area contributed by atoms with Crippen LogP contribution in [-0.4, -0.2) is 48.4 Å². The number of pyridine rings is 1. The predicted octanol–water partition coefficient (Wildman–Crippen LogP) is 2.49. The third-order valence-electron chi connectivity index (χ3n) is 6.25. The van der Waals surface area contributed by atoms with Crippen molar-refractivity contribution in [3.05, 3.63) is 64.5 Å². The van der Waals surface area contributed by atoms with Gasteiger partial charge in [-0.25, -0.2) is 17.7 Å². The number of hydrogen-bond acceptors (Lipinski definition) is 7. The predicted molar refractivity (Wildman–Crippen MR) is 120 cm³/mol. The summed E-state index contributed by atoms with van der Waals surface area (Å²) in [5.41, 5.74) is 5.60. The van der Waals surface area contributed by atoms with E-state index < -0.39 is 37.1 Å². The van der Waals surface area contributed by atoms with Gasteiger partial charge in [0.05, 0.1) is 19.8 Å². The monoisotopic (exact) mass is 471 g/mol. The van der Waals surface area contributed by atoms with Crippen molar-refractivity contribution in [1.82, 2.24) is 4.98 Å². The molecule has 0 saturated carbocycles. The fourth-order valence-corrected chi connectivity index (χ4v) is 6.23. The Kier molecular flexibility index (Phi) is 5.26. The van der Waals surface area contributed by atoms with E-state index in [9.17, 15) is 13.2 Å². The number of benzene rings is 1. The lowest BCUT2D eigenvalue weighted by molar-refractivity contribution is 0.102. The molecule has 172 valence electrons. The topological polar surface area (TPSA) is 128 Å². The summed E-state index contributed by atoms with van der Waals surface area (Å²) in [6.45, 7) is 11.3. The SMILES string of the molecule is [C-]#[N+]c1cnc(C(=O)Nc2ccc(F)c([C@]34COC[C@H]3S(=O)(=O)C(C)(C)C(N)=N4)c2)c(C)c1. The van der Waals surface area contributed by atoms with Gasteiger partial charge in [-0.3, -0.25) is 14.8 Å². The Balaban J connectivity index is 1.76. The molecule has 9 nitrogen and oxygen atoms in total. The average Bonchev–Trinajstić information content (AvgIpc) is 3.19. The zero-order valence-electron chi connectivity index (χ0n) is 18.2. The van der Waals surface area contributed by atoms with Crippen molar-refractivity contribution in [3.63, 3.8) is 0 Å². The number of aliphatic imine (C=N–C) groups is 1. The van der Waals surface area contributed by atoms with Gasteiger partial charge in [-0.1, -0.05) is 0 Å². The van der Waals surface area contributed by atoms with Gasteiger partial charge in [0.1, 0.15) is 32.9 Å². The number of nitrogens with zero attached hydrogens (tertiary/aromatic N) is 3. The van der Waals surface area contributed by atoms with Crippen molar-refractivity contribution >= 4 is 33.0 Å². The van der Waals surface area contributed by atoms with Gasteiger partial charge in [0.25, 0.3) is 5.91 Å². The lowest BCUT2D eigenvalue weighted by Crippen LogP contribution is -2.60. The fourth-order valence-electron chi connectivity index (χ4n) is 4.15. The van der Waals surface area contributed by atoms with Crippen LogP contribution in [0.2, 0.25) is 0 Å². The second-order valence-electron chi connectivity index (χ2n) is 8.60.